The third-order valence-electron chi connectivity index (χ3n) is 8.52. The second-order valence-corrected chi connectivity index (χ2v) is 10.3. The van der Waals surface area contributed by atoms with Crippen molar-refractivity contribution in [2.45, 2.75) is 104 Å². The molecule has 0 saturated heterocycles. The van der Waals surface area contributed by atoms with E-state index in [0.29, 0.717) is 71.5 Å². The van der Waals surface area contributed by atoms with Gasteiger partial charge in [0.05, 0.1) is 0 Å². The molecule has 4 heteroatoms. The number of carbonyl (C=O) groups is 4. The summed E-state index contributed by atoms with van der Waals surface area (Å²) < 4.78 is 0. The van der Waals surface area contributed by atoms with Gasteiger partial charge in [-0.3, -0.25) is 19.2 Å². The Morgan fingerprint density at radius 3 is 1.43 bits per heavy atom. The van der Waals surface area contributed by atoms with Crippen LogP contribution in [0.3, 0.4) is 0 Å². The lowest BCUT2D eigenvalue weighted by molar-refractivity contribution is -0.120. The highest BCUT2D eigenvalue weighted by Crippen LogP contribution is 2.48. The minimum atomic E-state index is 0.378. The largest absolute Gasteiger partial charge is 0.300 e. The SMILES string of the molecule is CCC(=O)CCC1CCC2CC(=O)CC12.CCC(=O)CCC1CCC2CC(=O)CC12. The lowest BCUT2D eigenvalue weighted by Gasteiger charge is -2.16. The first-order chi connectivity index (χ1) is 14.4. The van der Waals surface area contributed by atoms with Crippen LogP contribution in [-0.4, -0.2) is 23.1 Å². The third-order valence-corrected chi connectivity index (χ3v) is 8.52. The number of carbonyl (C=O) groups excluding carboxylic acids is 4. The standard InChI is InChI=1S/2C13H20O2/c2*1-2-11(14)6-5-9-3-4-10-7-12(15)8-13(9)10/h2*9-10,13H,2-8H2,1H3. The predicted molar refractivity (Wildman–Crippen MR) is 117 cm³/mol. The summed E-state index contributed by atoms with van der Waals surface area (Å²) in [6.07, 6.45) is 13.1. The normalized spacial score (nSPS) is 34.5. The Kier molecular flexibility index (Phi) is 8.42. The highest BCUT2D eigenvalue weighted by molar-refractivity contribution is 5.82. The molecule has 4 aliphatic carbocycles. The van der Waals surface area contributed by atoms with Gasteiger partial charge < -0.3 is 0 Å². The van der Waals surface area contributed by atoms with E-state index in [2.05, 4.69) is 0 Å². The van der Waals surface area contributed by atoms with Crippen LogP contribution >= 0.6 is 0 Å². The van der Waals surface area contributed by atoms with Crippen molar-refractivity contribution in [3.05, 3.63) is 0 Å². The summed E-state index contributed by atoms with van der Waals surface area (Å²) in [5, 5.41) is 0. The van der Waals surface area contributed by atoms with Crippen LogP contribution in [0.2, 0.25) is 0 Å². The van der Waals surface area contributed by atoms with Crippen LogP contribution in [0.1, 0.15) is 104 Å². The monoisotopic (exact) mass is 416 g/mol. The van der Waals surface area contributed by atoms with Gasteiger partial charge in [-0.2, -0.15) is 0 Å². The van der Waals surface area contributed by atoms with Crippen molar-refractivity contribution in [3.63, 3.8) is 0 Å². The number of rotatable bonds is 8. The Bertz CT molecular complexity index is 595. The first-order valence-corrected chi connectivity index (χ1v) is 12.5. The van der Waals surface area contributed by atoms with Gasteiger partial charge in [-0.15, -0.1) is 0 Å². The number of fused-ring (bicyclic) bond motifs is 2. The van der Waals surface area contributed by atoms with Crippen LogP contribution in [0, 0.1) is 35.5 Å². The molecule has 0 aromatic rings. The maximum atomic E-state index is 11.3. The quantitative estimate of drug-likeness (QED) is 0.524. The highest BCUT2D eigenvalue weighted by atomic mass is 16.1. The topological polar surface area (TPSA) is 68.3 Å². The van der Waals surface area contributed by atoms with Crippen molar-refractivity contribution in [2.75, 3.05) is 0 Å². The van der Waals surface area contributed by atoms with Crippen molar-refractivity contribution < 1.29 is 19.2 Å². The number of hydrogen-bond donors (Lipinski definition) is 0. The van der Waals surface area contributed by atoms with E-state index in [4.69, 9.17) is 0 Å². The van der Waals surface area contributed by atoms with Gasteiger partial charge in [-0.1, -0.05) is 13.8 Å². The van der Waals surface area contributed by atoms with Crippen molar-refractivity contribution in [3.8, 4) is 0 Å². The van der Waals surface area contributed by atoms with E-state index in [9.17, 15) is 19.2 Å². The Morgan fingerprint density at radius 1 is 0.667 bits per heavy atom. The van der Waals surface area contributed by atoms with Gasteiger partial charge in [0, 0.05) is 51.4 Å². The molecule has 4 nitrogen and oxygen atoms in total. The van der Waals surface area contributed by atoms with Gasteiger partial charge in [0.25, 0.3) is 0 Å². The van der Waals surface area contributed by atoms with Gasteiger partial charge in [-0.05, 0) is 74.0 Å². The van der Waals surface area contributed by atoms with E-state index in [1.165, 1.54) is 25.7 Å². The summed E-state index contributed by atoms with van der Waals surface area (Å²) in [7, 11) is 0. The molecule has 6 atom stereocenters. The van der Waals surface area contributed by atoms with Crippen LogP contribution in [0.5, 0.6) is 0 Å². The summed E-state index contributed by atoms with van der Waals surface area (Å²) in [5.74, 6) is 5.58. The minimum Gasteiger partial charge on any atom is -0.300 e. The fraction of sp³-hybridized carbons (Fsp3) is 0.846. The van der Waals surface area contributed by atoms with Gasteiger partial charge in [0.15, 0.2) is 0 Å². The average Bonchev–Trinajstić information content (AvgIpc) is 3.46. The lowest BCUT2D eigenvalue weighted by Crippen LogP contribution is -2.11. The molecule has 0 radical (unpaired) electrons. The average molecular weight is 417 g/mol. The molecular formula is C26H40O4. The molecule has 4 aliphatic rings. The molecule has 4 saturated carbocycles. The second kappa shape index (κ2) is 10.8. The Balaban J connectivity index is 0.000000171. The summed E-state index contributed by atoms with van der Waals surface area (Å²) in [4.78, 5) is 45.2. The highest BCUT2D eigenvalue weighted by Gasteiger charge is 2.43. The van der Waals surface area contributed by atoms with E-state index in [0.717, 1.165) is 51.4 Å². The molecule has 0 heterocycles. The van der Waals surface area contributed by atoms with Gasteiger partial charge in [-0.25, -0.2) is 0 Å². The first-order valence-electron chi connectivity index (χ1n) is 12.5. The van der Waals surface area contributed by atoms with E-state index in [1.54, 1.807) is 0 Å². The zero-order valence-electron chi connectivity index (χ0n) is 19.0. The summed E-state index contributed by atoms with van der Waals surface area (Å²) >= 11 is 0. The van der Waals surface area contributed by atoms with Crippen LogP contribution in [-0.2, 0) is 19.2 Å². The molecule has 30 heavy (non-hydrogen) atoms. The van der Waals surface area contributed by atoms with Crippen LogP contribution in [0.4, 0.5) is 0 Å². The van der Waals surface area contributed by atoms with Crippen molar-refractivity contribution in [2.24, 2.45) is 35.5 Å². The maximum absolute atomic E-state index is 11.3. The first kappa shape index (κ1) is 23.3. The van der Waals surface area contributed by atoms with E-state index >= 15 is 0 Å². The molecule has 4 rings (SSSR count). The Labute approximate surface area is 181 Å². The van der Waals surface area contributed by atoms with Crippen molar-refractivity contribution in [1.29, 1.82) is 0 Å². The minimum absolute atomic E-state index is 0.378. The van der Waals surface area contributed by atoms with Crippen molar-refractivity contribution >= 4 is 23.1 Å². The fourth-order valence-electron chi connectivity index (χ4n) is 6.70. The Morgan fingerprint density at radius 2 is 1.07 bits per heavy atom. The predicted octanol–water partition coefficient (Wildman–Crippen LogP) is 5.50. The van der Waals surface area contributed by atoms with Gasteiger partial charge >= 0.3 is 0 Å². The summed E-state index contributed by atoms with van der Waals surface area (Å²) in [6, 6.07) is 0. The van der Waals surface area contributed by atoms with E-state index in [1.807, 2.05) is 13.8 Å². The summed E-state index contributed by atoms with van der Waals surface area (Å²) in [6.45, 7) is 3.86. The molecule has 0 spiro atoms. The van der Waals surface area contributed by atoms with Gasteiger partial charge in [0.2, 0.25) is 0 Å². The molecule has 4 fully saturated rings. The third kappa shape index (κ3) is 5.88. The van der Waals surface area contributed by atoms with Crippen molar-refractivity contribution in [1.82, 2.24) is 0 Å². The van der Waals surface area contributed by atoms with Gasteiger partial charge in [0.1, 0.15) is 23.1 Å². The van der Waals surface area contributed by atoms with E-state index in [-0.39, 0.29) is 0 Å². The lowest BCUT2D eigenvalue weighted by atomic mass is 9.88. The zero-order chi connectivity index (χ0) is 21.7. The molecule has 0 amide bonds. The fourth-order valence-corrected chi connectivity index (χ4v) is 6.70. The smallest absolute Gasteiger partial charge is 0.133 e. The molecule has 0 aromatic heterocycles. The molecule has 0 N–H and O–H groups in total. The second-order valence-electron chi connectivity index (χ2n) is 10.3. The summed E-state index contributed by atoms with van der Waals surface area (Å²) in [5.41, 5.74) is 0. The Hall–Kier alpha value is -1.32. The maximum Gasteiger partial charge on any atom is 0.133 e. The number of Topliss-reactive ketones (excluding diaryl/α,β-unsaturated/α-hetero) is 4. The molecule has 0 aromatic carbocycles. The molecule has 0 bridgehead atoms. The zero-order valence-corrected chi connectivity index (χ0v) is 19.0. The molecule has 168 valence electrons. The van der Waals surface area contributed by atoms with E-state index < -0.39 is 0 Å². The molecular weight excluding hydrogens is 376 g/mol. The van der Waals surface area contributed by atoms with Crippen LogP contribution in [0.15, 0.2) is 0 Å². The molecule has 6 unspecified atom stereocenters. The van der Waals surface area contributed by atoms with Crippen LogP contribution < -0.4 is 0 Å². The number of ketones is 4. The molecule has 0 aliphatic heterocycles. The van der Waals surface area contributed by atoms with Crippen LogP contribution in [0.25, 0.3) is 0 Å². The number of hydrogen-bond acceptors (Lipinski definition) is 4.